The first-order valence-electron chi connectivity index (χ1n) is 9.00. The van der Waals surface area contributed by atoms with Crippen LogP contribution in [0.15, 0.2) is 53.5 Å². The van der Waals surface area contributed by atoms with Crippen molar-refractivity contribution in [2.24, 2.45) is 4.99 Å². The van der Waals surface area contributed by atoms with Crippen LogP contribution in [0, 0.1) is 0 Å². The molecule has 6 nitrogen and oxygen atoms in total. The van der Waals surface area contributed by atoms with E-state index in [9.17, 15) is 4.79 Å². The van der Waals surface area contributed by atoms with Gasteiger partial charge in [-0.1, -0.05) is 24.3 Å². The molecule has 2 aromatic rings. The molecular weight excluding hydrogens is 467 g/mol. The Morgan fingerprint density at radius 2 is 1.68 bits per heavy atom. The number of amides is 1. The van der Waals surface area contributed by atoms with Crippen molar-refractivity contribution in [2.75, 3.05) is 27.7 Å². The maximum Gasteiger partial charge on any atom is 0.253 e. The second kappa shape index (κ2) is 12.2. The lowest BCUT2D eigenvalue weighted by atomic mass is 10.1. The second-order valence-corrected chi connectivity index (χ2v) is 6.26. The number of nitrogens with one attached hydrogen (secondary N) is 2. The minimum atomic E-state index is 0. The van der Waals surface area contributed by atoms with Crippen LogP contribution in [0.3, 0.4) is 0 Å². The number of halogens is 1. The summed E-state index contributed by atoms with van der Waals surface area (Å²) in [4.78, 5) is 17.7. The summed E-state index contributed by atoms with van der Waals surface area (Å²) in [6.45, 7) is 3.89. The van der Waals surface area contributed by atoms with Gasteiger partial charge in [-0.2, -0.15) is 0 Å². The number of nitrogens with zero attached hydrogens (tertiary/aromatic N) is 2. The highest BCUT2D eigenvalue weighted by molar-refractivity contribution is 14.0. The molecule has 2 N–H and O–H groups in total. The van der Waals surface area contributed by atoms with E-state index in [1.807, 2.05) is 55.5 Å². The first-order valence-corrected chi connectivity index (χ1v) is 9.00. The Labute approximate surface area is 184 Å². The predicted octanol–water partition coefficient (Wildman–Crippen LogP) is 3.27. The monoisotopic (exact) mass is 496 g/mol. The molecule has 0 aliphatic heterocycles. The van der Waals surface area contributed by atoms with Gasteiger partial charge < -0.3 is 20.3 Å². The standard InChI is InChI=1S/C21H28N4O2.HI/c1-5-27-19-8-6-7-17(13-19)15-24-21(22-2)23-14-16-9-11-18(12-10-16)20(26)25(3)4;/h6-13H,5,14-15H2,1-4H3,(H2,22,23,24);1H. The molecule has 0 bridgehead atoms. The molecule has 0 aromatic heterocycles. The van der Waals surface area contributed by atoms with Crippen LogP contribution >= 0.6 is 24.0 Å². The minimum Gasteiger partial charge on any atom is -0.494 e. The van der Waals surface area contributed by atoms with Gasteiger partial charge in [-0.05, 0) is 42.3 Å². The summed E-state index contributed by atoms with van der Waals surface area (Å²) < 4.78 is 5.53. The summed E-state index contributed by atoms with van der Waals surface area (Å²) >= 11 is 0. The quantitative estimate of drug-likeness (QED) is 0.351. The van der Waals surface area contributed by atoms with Gasteiger partial charge in [0.25, 0.3) is 5.91 Å². The molecule has 0 aliphatic rings. The molecule has 0 fully saturated rings. The van der Waals surface area contributed by atoms with E-state index < -0.39 is 0 Å². The Balaban J connectivity index is 0.00000392. The number of hydrogen-bond acceptors (Lipinski definition) is 3. The largest absolute Gasteiger partial charge is 0.494 e. The Bertz CT molecular complexity index is 776. The van der Waals surface area contributed by atoms with Crippen molar-refractivity contribution in [3.05, 3.63) is 65.2 Å². The second-order valence-electron chi connectivity index (χ2n) is 6.26. The maximum atomic E-state index is 11.9. The maximum absolute atomic E-state index is 11.9. The van der Waals surface area contributed by atoms with Crippen molar-refractivity contribution in [1.82, 2.24) is 15.5 Å². The third kappa shape index (κ3) is 7.38. The third-order valence-corrected chi connectivity index (χ3v) is 3.96. The van der Waals surface area contributed by atoms with Crippen LogP contribution in [0.5, 0.6) is 5.75 Å². The molecule has 0 aliphatic carbocycles. The Morgan fingerprint density at radius 3 is 2.25 bits per heavy atom. The van der Waals surface area contributed by atoms with Crippen molar-refractivity contribution >= 4 is 35.8 Å². The summed E-state index contributed by atoms with van der Waals surface area (Å²) in [7, 11) is 5.24. The van der Waals surface area contributed by atoms with Gasteiger partial charge in [0, 0.05) is 39.8 Å². The van der Waals surface area contributed by atoms with Gasteiger partial charge in [0.2, 0.25) is 0 Å². The molecule has 152 valence electrons. The normalized spacial score (nSPS) is 10.6. The fourth-order valence-corrected chi connectivity index (χ4v) is 2.53. The highest BCUT2D eigenvalue weighted by Crippen LogP contribution is 2.13. The number of rotatable bonds is 7. The molecule has 0 heterocycles. The summed E-state index contributed by atoms with van der Waals surface area (Å²) in [5.74, 6) is 1.58. The zero-order valence-corrected chi connectivity index (χ0v) is 19.2. The Morgan fingerprint density at radius 1 is 1.04 bits per heavy atom. The average Bonchev–Trinajstić information content (AvgIpc) is 2.68. The van der Waals surface area contributed by atoms with E-state index in [1.54, 1.807) is 26.0 Å². The third-order valence-electron chi connectivity index (χ3n) is 3.96. The smallest absolute Gasteiger partial charge is 0.253 e. The van der Waals surface area contributed by atoms with E-state index in [-0.39, 0.29) is 29.9 Å². The first kappa shape index (κ1) is 23.7. The summed E-state index contributed by atoms with van der Waals surface area (Å²) in [6, 6.07) is 15.6. The molecule has 0 saturated heterocycles. The van der Waals surface area contributed by atoms with E-state index >= 15 is 0 Å². The molecule has 0 atom stereocenters. The Hall–Kier alpha value is -2.29. The van der Waals surface area contributed by atoms with Gasteiger partial charge in [-0.3, -0.25) is 9.79 Å². The predicted molar refractivity (Wildman–Crippen MR) is 125 cm³/mol. The fourth-order valence-electron chi connectivity index (χ4n) is 2.53. The molecule has 0 unspecified atom stereocenters. The highest BCUT2D eigenvalue weighted by Gasteiger charge is 2.07. The molecule has 2 aromatic carbocycles. The number of ether oxygens (including phenoxy) is 1. The molecular formula is C21H29IN4O2. The van der Waals surface area contributed by atoms with E-state index in [4.69, 9.17) is 4.74 Å². The van der Waals surface area contributed by atoms with Crippen LogP contribution in [0.25, 0.3) is 0 Å². The zero-order valence-electron chi connectivity index (χ0n) is 16.9. The van der Waals surface area contributed by atoms with Crippen molar-refractivity contribution in [1.29, 1.82) is 0 Å². The van der Waals surface area contributed by atoms with Crippen LogP contribution in [0.4, 0.5) is 0 Å². The lowest BCUT2D eigenvalue weighted by Gasteiger charge is -2.13. The van der Waals surface area contributed by atoms with Crippen LogP contribution < -0.4 is 15.4 Å². The molecule has 0 saturated carbocycles. The molecule has 0 spiro atoms. The highest BCUT2D eigenvalue weighted by atomic mass is 127. The molecule has 2 rings (SSSR count). The summed E-state index contributed by atoms with van der Waals surface area (Å²) in [5.41, 5.74) is 2.88. The van der Waals surface area contributed by atoms with E-state index in [0.29, 0.717) is 31.2 Å². The zero-order chi connectivity index (χ0) is 19.6. The van der Waals surface area contributed by atoms with Crippen molar-refractivity contribution in [2.45, 2.75) is 20.0 Å². The average molecular weight is 496 g/mol. The lowest BCUT2D eigenvalue weighted by Crippen LogP contribution is -2.36. The Kier molecular flexibility index (Phi) is 10.4. The van der Waals surface area contributed by atoms with Crippen LogP contribution in [-0.4, -0.2) is 44.5 Å². The first-order chi connectivity index (χ1) is 13.0. The van der Waals surface area contributed by atoms with Crippen molar-refractivity contribution < 1.29 is 9.53 Å². The molecule has 1 amide bonds. The number of aliphatic imine (C=N–C) groups is 1. The van der Waals surface area contributed by atoms with Crippen LogP contribution in [0.1, 0.15) is 28.4 Å². The van der Waals surface area contributed by atoms with Crippen LogP contribution in [0.2, 0.25) is 0 Å². The van der Waals surface area contributed by atoms with Gasteiger partial charge in [-0.25, -0.2) is 0 Å². The van der Waals surface area contributed by atoms with E-state index in [1.165, 1.54) is 0 Å². The van der Waals surface area contributed by atoms with Gasteiger partial charge in [0.15, 0.2) is 5.96 Å². The number of hydrogen-bond donors (Lipinski definition) is 2. The van der Waals surface area contributed by atoms with Crippen LogP contribution in [-0.2, 0) is 13.1 Å². The minimum absolute atomic E-state index is 0. The van der Waals surface area contributed by atoms with Crippen molar-refractivity contribution in [3.8, 4) is 5.75 Å². The lowest BCUT2D eigenvalue weighted by molar-refractivity contribution is 0.0827. The number of carbonyl (C=O) groups is 1. The molecule has 0 radical (unpaired) electrons. The number of carbonyl (C=O) groups excluding carboxylic acids is 1. The van der Waals surface area contributed by atoms with Crippen molar-refractivity contribution in [3.63, 3.8) is 0 Å². The van der Waals surface area contributed by atoms with E-state index in [2.05, 4.69) is 15.6 Å². The molecule has 28 heavy (non-hydrogen) atoms. The fraction of sp³-hybridized carbons (Fsp3) is 0.333. The van der Waals surface area contributed by atoms with E-state index in [0.717, 1.165) is 16.9 Å². The summed E-state index contributed by atoms with van der Waals surface area (Å²) in [5, 5.41) is 6.57. The summed E-state index contributed by atoms with van der Waals surface area (Å²) in [6.07, 6.45) is 0. The number of guanidine groups is 1. The topological polar surface area (TPSA) is 66.0 Å². The SMILES string of the molecule is CCOc1cccc(CNC(=NC)NCc2ccc(C(=O)N(C)C)cc2)c1.I. The van der Waals surface area contributed by atoms with Gasteiger partial charge in [-0.15, -0.1) is 24.0 Å². The molecule has 7 heteroatoms. The van der Waals surface area contributed by atoms with Gasteiger partial charge in [0.05, 0.1) is 6.61 Å². The van der Waals surface area contributed by atoms with Gasteiger partial charge >= 0.3 is 0 Å². The van der Waals surface area contributed by atoms with Gasteiger partial charge in [0.1, 0.15) is 5.75 Å². The number of benzene rings is 2.